The van der Waals surface area contributed by atoms with Crippen LogP contribution in [0, 0.1) is 0 Å². The number of aliphatic hydroxyl groups is 1. The van der Waals surface area contributed by atoms with Gasteiger partial charge in [-0.05, 0) is 37.5 Å². The Kier molecular flexibility index (Phi) is 6.84. The Morgan fingerprint density at radius 1 is 1.38 bits per heavy atom. The molecule has 1 aromatic rings. The molecule has 1 aromatic carbocycles. The summed E-state index contributed by atoms with van der Waals surface area (Å²) in [6, 6.07) is 4.34. The summed E-state index contributed by atoms with van der Waals surface area (Å²) in [4.78, 5) is 25.7. The molecule has 0 radical (unpaired) electrons. The average Bonchev–Trinajstić information content (AvgIpc) is 2.58. The first-order valence-electron chi connectivity index (χ1n) is 7.82. The number of likely N-dealkylation sites (tertiary alicyclic amines) is 1. The zero-order valence-electron chi connectivity index (χ0n) is 13.5. The molecule has 24 heavy (non-hydrogen) atoms. The summed E-state index contributed by atoms with van der Waals surface area (Å²) in [7, 11) is 1.43. The number of anilines is 2. The molecular formula is C16H22ClN3O4. The molecule has 1 fully saturated rings. The Labute approximate surface area is 145 Å². The fraction of sp³-hybridized carbons (Fsp3) is 0.500. The number of nitrogens with zero attached hydrogens (tertiary/aromatic N) is 1. The van der Waals surface area contributed by atoms with Crippen molar-refractivity contribution in [1.82, 2.24) is 4.90 Å². The molecule has 0 spiro atoms. The number of rotatable bonds is 5. The van der Waals surface area contributed by atoms with Gasteiger partial charge in [0.15, 0.2) is 0 Å². The molecule has 0 saturated carbocycles. The number of urea groups is 1. The molecule has 0 bridgehead atoms. The van der Waals surface area contributed by atoms with Crippen LogP contribution < -0.4 is 10.6 Å². The van der Waals surface area contributed by atoms with Crippen LogP contribution in [0.1, 0.15) is 19.3 Å². The number of aliphatic hydroxyl groups excluding tert-OH is 1. The zero-order chi connectivity index (χ0) is 17.5. The summed E-state index contributed by atoms with van der Waals surface area (Å²) in [6.07, 6.45) is 2.69. The fourth-order valence-electron chi connectivity index (χ4n) is 2.67. The Morgan fingerprint density at radius 3 is 2.88 bits per heavy atom. The summed E-state index contributed by atoms with van der Waals surface area (Å²) >= 11 is 6.13. The van der Waals surface area contributed by atoms with Crippen LogP contribution in [0.4, 0.5) is 16.2 Å². The molecule has 1 heterocycles. The Balaban J connectivity index is 2.07. The van der Waals surface area contributed by atoms with Crippen molar-refractivity contribution in [3.05, 3.63) is 23.2 Å². The first-order chi connectivity index (χ1) is 11.5. The maximum absolute atomic E-state index is 12.5. The first kappa shape index (κ1) is 18.5. The van der Waals surface area contributed by atoms with Crippen molar-refractivity contribution < 1.29 is 19.4 Å². The second-order valence-corrected chi connectivity index (χ2v) is 6.04. The number of hydrogen-bond acceptors (Lipinski definition) is 4. The van der Waals surface area contributed by atoms with Crippen molar-refractivity contribution >= 4 is 34.9 Å². The molecular weight excluding hydrogens is 334 g/mol. The number of benzene rings is 1. The number of carbonyl (C=O) groups is 2. The van der Waals surface area contributed by atoms with E-state index in [2.05, 4.69) is 10.6 Å². The van der Waals surface area contributed by atoms with Gasteiger partial charge in [0.25, 0.3) is 0 Å². The third-order valence-corrected chi connectivity index (χ3v) is 4.20. The highest BCUT2D eigenvalue weighted by Gasteiger charge is 2.26. The molecule has 1 aliphatic rings. The number of ether oxygens (including phenoxy) is 1. The van der Waals surface area contributed by atoms with Crippen molar-refractivity contribution in [1.29, 1.82) is 0 Å². The van der Waals surface area contributed by atoms with Crippen LogP contribution in [-0.4, -0.2) is 54.9 Å². The first-order valence-corrected chi connectivity index (χ1v) is 8.19. The molecule has 0 aromatic heterocycles. The molecule has 1 saturated heterocycles. The van der Waals surface area contributed by atoms with E-state index in [0.717, 1.165) is 19.3 Å². The maximum Gasteiger partial charge on any atom is 0.322 e. The molecule has 132 valence electrons. The highest BCUT2D eigenvalue weighted by molar-refractivity contribution is 6.33. The van der Waals surface area contributed by atoms with Crippen molar-refractivity contribution in [2.45, 2.75) is 25.3 Å². The van der Waals surface area contributed by atoms with Gasteiger partial charge in [-0.25, -0.2) is 4.79 Å². The van der Waals surface area contributed by atoms with Gasteiger partial charge in [0.05, 0.1) is 23.4 Å². The van der Waals surface area contributed by atoms with E-state index < -0.39 is 0 Å². The van der Waals surface area contributed by atoms with E-state index in [9.17, 15) is 14.7 Å². The van der Waals surface area contributed by atoms with Crippen LogP contribution in [0.5, 0.6) is 0 Å². The minimum atomic E-state index is -0.309. The van der Waals surface area contributed by atoms with Gasteiger partial charge in [-0.3, -0.25) is 4.79 Å². The van der Waals surface area contributed by atoms with Gasteiger partial charge in [-0.1, -0.05) is 11.6 Å². The van der Waals surface area contributed by atoms with Crippen LogP contribution in [0.25, 0.3) is 0 Å². The second kappa shape index (κ2) is 8.86. The molecule has 0 unspecified atom stereocenters. The number of nitrogens with one attached hydrogen (secondary N) is 2. The molecule has 0 aliphatic carbocycles. The maximum atomic E-state index is 12.5. The number of halogens is 1. The van der Waals surface area contributed by atoms with Gasteiger partial charge in [-0.15, -0.1) is 0 Å². The summed E-state index contributed by atoms with van der Waals surface area (Å²) in [5, 5.41) is 15.2. The molecule has 8 heteroatoms. The quantitative estimate of drug-likeness (QED) is 0.755. The van der Waals surface area contributed by atoms with Crippen molar-refractivity contribution in [3.8, 4) is 0 Å². The van der Waals surface area contributed by atoms with E-state index in [-0.39, 0.29) is 31.2 Å². The van der Waals surface area contributed by atoms with E-state index in [4.69, 9.17) is 16.3 Å². The second-order valence-electron chi connectivity index (χ2n) is 5.63. The Hall–Kier alpha value is -1.83. The predicted octanol–water partition coefficient (Wildman–Crippen LogP) is 2.30. The van der Waals surface area contributed by atoms with Gasteiger partial charge in [0.1, 0.15) is 6.61 Å². The van der Waals surface area contributed by atoms with Crippen molar-refractivity contribution in [3.63, 3.8) is 0 Å². The standard InChI is InChI=1S/C16H22ClN3O4/c1-24-10-15(22)18-11-5-6-13(17)14(8-11)19-16(23)20-7-3-2-4-12(20)9-21/h5-6,8,12,21H,2-4,7,9-10H2,1H3,(H,18,22)(H,19,23)/t12-/m0/s1. The van der Waals surface area contributed by atoms with E-state index in [1.165, 1.54) is 7.11 Å². The van der Waals surface area contributed by atoms with Gasteiger partial charge in [-0.2, -0.15) is 0 Å². The lowest BCUT2D eigenvalue weighted by atomic mass is 10.0. The third-order valence-electron chi connectivity index (χ3n) is 3.87. The lowest BCUT2D eigenvalue weighted by Crippen LogP contribution is -2.47. The summed E-state index contributed by atoms with van der Waals surface area (Å²) < 4.78 is 4.76. The summed E-state index contributed by atoms with van der Waals surface area (Å²) in [5.74, 6) is -0.298. The monoisotopic (exact) mass is 355 g/mol. The molecule has 7 nitrogen and oxygen atoms in total. The lowest BCUT2D eigenvalue weighted by molar-refractivity contribution is -0.119. The Morgan fingerprint density at radius 2 is 2.17 bits per heavy atom. The zero-order valence-corrected chi connectivity index (χ0v) is 14.3. The average molecular weight is 356 g/mol. The van der Waals surface area contributed by atoms with E-state index >= 15 is 0 Å². The van der Waals surface area contributed by atoms with Crippen LogP contribution in [0.15, 0.2) is 18.2 Å². The number of methoxy groups -OCH3 is 1. The van der Waals surface area contributed by atoms with Crippen LogP contribution in [0.2, 0.25) is 5.02 Å². The van der Waals surface area contributed by atoms with E-state index in [0.29, 0.717) is 22.9 Å². The lowest BCUT2D eigenvalue weighted by Gasteiger charge is -2.34. The van der Waals surface area contributed by atoms with Crippen LogP contribution in [0.3, 0.4) is 0 Å². The van der Waals surface area contributed by atoms with Crippen molar-refractivity contribution in [2.24, 2.45) is 0 Å². The van der Waals surface area contributed by atoms with Gasteiger partial charge < -0.3 is 25.4 Å². The summed E-state index contributed by atoms with van der Waals surface area (Å²) in [6.45, 7) is 0.476. The molecule has 2 rings (SSSR count). The summed E-state index contributed by atoms with van der Waals surface area (Å²) in [5.41, 5.74) is 0.910. The van der Waals surface area contributed by atoms with Crippen LogP contribution in [-0.2, 0) is 9.53 Å². The highest BCUT2D eigenvalue weighted by Crippen LogP contribution is 2.27. The normalized spacial score (nSPS) is 17.5. The van der Waals surface area contributed by atoms with Crippen molar-refractivity contribution in [2.75, 3.05) is 37.5 Å². The topological polar surface area (TPSA) is 90.9 Å². The number of piperidine rings is 1. The largest absolute Gasteiger partial charge is 0.394 e. The minimum Gasteiger partial charge on any atom is -0.394 e. The van der Waals surface area contributed by atoms with E-state index in [1.54, 1.807) is 23.1 Å². The van der Waals surface area contributed by atoms with Gasteiger partial charge in [0, 0.05) is 19.3 Å². The molecule has 1 atom stereocenters. The smallest absolute Gasteiger partial charge is 0.322 e. The predicted molar refractivity (Wildman–Crippen MR) is 92.4 cm³/mol. The SMILES string of the molecule is COCC(=O)Nc1ccc(Cl)c(NC(=O)N2CCCC[C@H]2CO)c1. The number of hydrogen-bond donors (Lipinski definition) is 3. The van der Waals surface area contributed by atoms with Crippen LogP contribution >= 0.6 is 11.6 Å². The fourth-order valence-corrected chi connectivity index (χ4v) is 2.84. The third kappa shape index (κ3) is 4.83. The molecule has 3 amide bonds. The molecule has 3 N–H and O–H groups in total. The number of carbonyl (C=O) groups excluding carboxylic acids is 2. The highest BCUT2D eigenvalue weighted by atomic mass is 35.5. The van der Waals surface area contributed by atoms with E-state index in [1.807, 2.05) is 0 Å². The number of amides is 3. The molecule has 1 aliphatic heterocycles. The van der Waals surface area contributed by atoms with Gasteiger partial charge >= 0.3 is 6.03 Å². The minimum absolute atomic E-state index is 0.0592. The Bertz CT molecular complexity index is 597. The van der Waals surface area contributed by atoms with Gasteiger partial charge in [0.2, 0.25) is 5.91 Å².